The first-order chi connectivity index (χ1) is 10.1. The molecule has 5 heteroatoms. The van der Waals surface area contributed by atoms with Crippen molar-refractivity contribution >= 4 is 5.97 Å². The Balaban J connectivity index is 1.55. The van der Waals surface area contributed by atoms with Crippen LogP contribution < -0.4 is 4.74 Å². The Hall–Kier alpha value is -1.59. The first-order valence-corrected chi connectivity index (χ1v) is 7.57. The number of hydrogen-bond donors (Lipinski definition) is 1. The second-order valence-electron chi connectivity index (χ2n) is 5.87. The summed E-state index contributed by atoms with van der Waals surface area (Å²) in [4.78, 5) is 15.4. The van der Waals surface area contributed by atoms with Crippen LogP contribution in [-0.2, 0) is 17.8 Å². The smallest absolute Gasteiger partial charge is 0.320 e. The quantitative estimate of drug-likeness (QED) is 0.903. The van der Waals surface area contributed by atoms with Crippen molar-refractivity contribution < 1.29 is 14.6 Å². The van der Waals surface area contributed by atoms with Crippen LogP contribution in [0.25, 0.3) is 0 Å². The normalized spacial score (nSPS) is 20.8. The fraction of sp³-hybridized carbons (Fsp3) is 0.562. The van der Waals surface area contributed by atoms with E-state index in [-0.39, 0.29) is 6.04 Å². The molecule has 1 aromatic rings. The number of carbonyl (C=O) groups is 1. The molecule has 0 bridgehead atoms. The summed E-state index contributed by atoms with van der Waals surface area (Å²) in [7, 11) is 0. The molecule has 1 aromatic carbocycles. The first kappa shape index (κ1) is 14.4. The van der Waals surface area contributed by atoms with Crippen molar-refractivity contribution in [2.75, 3.05) is 32.8 Å². The van der Waals surface area contributed by atoms with Gasteiger partial charge in [0, 0.05) is 39.1 Å². The molecule has 0 radical (unpaired) electrons. The van der Waals surface area contributed by atoms with Gasteiger partial charge in [-0.15, -0.1) is 0 Å². The summed E-state index contributed by atoms with van der Waals surface area (Å²) in [6.45, 7) is 6.98. The lowest BCUT2D eigenvalue weighted by atomic mass is 10.1. The number of carboxylic acids is 1. The molecule has 5 nitrogen and oxygen atoms in total. The molecule has 0 spiro atoms. The number of nitrogens with zero attached hydrogens (tertiary/aromatic N) is 2. The molecule has 0 aromatic heterocycles. The average Bonchev–Trinajstić information content (AvgIpc) is 2.95. The minimum atomic E-state index is -0.734. The predicted molar refractivity (Wildman–Crippen MR) is 79.6 cm³/mol. The van der Waals surface area contributed by atoms with Crippen molar-refractivity contribution in [3.63, 3.8) is 0 Å². The standard InChI is InChI=1S/C16H22N2O3/c1-12(16(19)20)18-7-5-17(6-8-18)11-13-2-3-15-14(10-13)4-9-21-15/h2-3,10,12H,4-9,11H2,1H3,(H,19,20). The molecule has 2 heterocycles. The van der Waals surface area contributed by atoms with Crippen LogP contribution >= 0.6 is 0 Å². The lowest BCUT2D eigenvalue weighted by molar-refractivity contribution is -0.143. The largest absolute Gasteiger partial charge is 0.493 e. The van der Waals surface area contributed by atoms with Gasteiger partial charge in [-0.3, -0.25) is 14.6 Å². The van der Waals surface area contributed by atoms with E-state index in [2.05, 4.69) is 23.1 Å². The van der Waals surface area contributed by atoms with Gasteiger partial charge < -0.3 is 9.84 Å². The number of aliphatic carboxylic acids is 1. The first-order valence-electron chi connectivity index (χ1n) is 7.57. The van der Waals surface area contributed by atoms with Crippen LogP contribution in [0.2, 0.25) is 0 Å². The second kappa shape index (κ2) is 6.03. The monoisotopic (exact) mass is 290 g/mol. The third-order valence-electron chi connectivity index (χ3n) is 4.47. The molecular formula is C16H22N2O3. The Bertz CT molecular complexity index is 524. The Morgan fingerprint density at radius 2 is 2.10 bits per heavy atom. The Morgan fingerprint density at radius 1 is 1.33 bits per heavy atom. The van der Waals surface area contributed by atoms with Gasteiger partial charge in [-0.2, -0.15) is 0 Å². The molecule has 1 saturated heterocycles. The molecule has 0 aliphatic carbocycles. The fourth-order valence-electron chi connectivity index (χ4n) is 3.06. The average molecular weight is 290 g/mol. The zero-order valence-corrected chi connectivity index (χ0v) is 12.4. The molecule has 114 valence electrons. The minimum Gasteiger partial charge on any atom is -0.493 e. The summed E-state index contributed by atoms with van der Waals surface area (Å²) in [5.41, 5.74) is 2.63. The van der Waals surface area contributed by atoms with Gasteiger partial charge in [-0.1, -0.05) is 12.1 Å². The number of hydrogen-bond acceptors (Lipinski definition) is 4. The van der Waals surface area contributed by atoms with Crippen molar-refractivity contribution in [2.24, 2.45) is 0 Å². The maximum Gasteiger partial charge on any atom is 0.320 e. The topological polar surface area (TPSA) is 53.0 Å². The SMILES string of the molecule is CC(C(=O)O)N1CCN(Cc2ccc3c(c2)CCO3)CC1. The highest BCUT2D eigenvalue weighted by atomic mass is 16.5. The summed E-state index contributed by atoms with van der Waals surface area (Å²) in [5.74, 6) is 0.293. The number of carboxylic acid groups (broad SMARTS) is 1. The van der Waals surface area contributed by atoms with Gasteiger partial charge in [0.05, 0.1) is 6.61 Å². The van der Waals surface area contributed by atoms with Gasteiger partial charge in [0.15, 0.2) is 0 Å². The van der Waals surface area contributed by atoms with E-state index in [0.717, 1.165) is 51.5 Å². The highest BCUT2D eigenvalue weighted by Gasteiger charge is 2.25. The summed E-state index contributed by atoms with van der Waals surface area (Å²) >= 11 is 0. The number of benzene rings is 1. The van der Waals surface area contributed by atoms with E-state index in [1.165, 1.54) is 11.1 Å². The van der Waals surface area contributed by atoms with Crippen LogP contribution in [0.3, 0.4) is 0 Å². The van der Waals surface area contributed by atoms with Crippen LogP contribution in [0.5, 0.6) is 5.75 Å². The van der Waals surface area contributed by atoms with E-state index in [4.69, 9.17) is 9.84 Å². The van der Waals surface area contributed by atoms with Crippen molar-refractivity contribution in [1.29, 1.82) is 0 Å². The lowest BCUT2D eigenvalue weighted by Crippen LogP contribution is -2.51. The minimum absolute atomic E-state index is 0.385. The van der Waals surface area contributed by atoms with E-state index in [1.54, 1.807) is 6.92 Å². The molecule has 0 amide bonds. The second-order valence-corrected chi connectivity index (χ2v) is 5.87. The summed E-state index contributed by atoms with van der Waals surface area (Å²) in [5, 5.41) is 9.06. The van der Waals surface area contributed by atoms with Crippen LogP contribution in [0.15, 0.2) is 18.2 Å². The summed E-state index contributed by atoms with van der Waals surface area (Å²) in [6, 6.07) is 6.06. The molecule has 1 unspecified atom stereocenters. The number of piperazine rings is 1. The van der Waals surface area contributed by atoms with Crippen molar-refractivity contribution in [3.8, 4) is 5.75 Å². The summed E-state index contributed by atoms with van der Waals surface area (Å²) in [6.07, 6.45) is 1.01. The van der Waals surface area contributed by atoms with Gasteiger partial charge in [-0.05, 0) is 24.1 Å². The third-order valence-corrected chi connectivity index (χ3v) is 4.47. The molecule has 3 rings (SSSR count). The van der Waals surface area contributed by atoms with Crippen molar-refractivity contribution in [2.45, 2.75) is 25.9 Å². The molecule has 1 N–H and O–H groups in total. The number of fused-ring (bicyclic) bond motifs is 1. The fourth-order valence-corrected chi connectivity index (χ4v) is 3.06. The van der Waals surface area contributed by atoms with Crippen molar-refractivity contribution in [3.05, 3.63) is 29.3 Å². The predicted octanol–water partition coefficient (Wildman–Crippen LogP) is 1.21. The number of ether oxygens (including phenoxy) is 1. The van der Waals surface area contributed by atoms with E-state index in [9.17, 15) is 4.79 Å². The molecule has 2 aliphatic heterocycles. The van der Waals surface area contributed by atoms with E-state index in [0.29, 0.717) is 0 Å². The molecule has 0 saturated carbocycles. The van der Waals surface area contributed by atoms with E-state index < -0.39 is 5.97 Å². The van der Waals surface area contributed by atoms with Crippen LogP contribution in [0.4, 0.5) is 0 Å². The highest BCUT2D eigenvalue weighted by molar-refractivity contribution is 5.72. The lowest BCUT2D eigenvalue weighted by Gasteiger charge is -2.36. The molecule has 1 atom stereocenters. The zero-order chi connectivity index (χ0) is 14.8. The van der Waals surface area contributed by atoms with E-state index in [1.807, 2.05) is 4.90 Å². The number of rotatable bonds is 4. The maximum absolute atomic E-state index is 11.0. The zero-order valence-electron chi connectivity index (χ0n) is 12.4. The van der Waals surface area contributed by atoms with Gasteiger partial charge >= 0.3 is 5.97 Å². The maximum atomic E-state index is 11.0. The van der Waals surface area contributed by atoms with Gasteiger partial charge in [0.1, 0.15) is 11.8 Å². The Kier molecular flexibility index (Phi) is 4.12. The Labute approximate surface area is 125 Å². The van der Waals surface area contributed by atoms with Crippen LogP contribution in [0.1, 0.15) is 18.1 Å². The van der Waals surface area contributed by atoms with Gasteiger partial charge in [0.25, 0.3) is 0 Å². The molecule has 1 fully saturated rings. The molecular weight excluding hydrogens is 268 g/mol. The summed E-state index contributed by atoms with van der Waals surface area (Å²) < 4.78 is 5.53. The molecule has 21 heavy (non-hydrogen) atoms. The van der Waals surface area contributed by atoms with Crippen LogP contribution in [-0.4, -0.2) is 59.7 Å². The van der Waals surface area contributed by atoms with Gasteiger partial charge in [0.2, 0.25) is 0 Å². The van der Waals surface area contributed by atoms with Crippen molar-refractivity contribution in [1.82, 2.24) is 9.80 Å². The highest BCUT2D eigenvalue weighted by Crippen LogP contribution is 2.26. The third kappa shape index (κ3) is 3.19. The molecule has 2 aliphatic rings. The van der Waals surface area contributed by atoms with Crippen LogP contribution in [0, 0.1) is 0 Å². The van der Waals surface area contributed by atoms with E-state index >= 15 is 0 Å². The van der Waals surface area contributed by atoms with Gasteiger partial charge in [-0.25, -0.2) is 0 Å². The Morgan fingerprint density at radius 3 is 2.81 bits per heavy atom.